The third-order valence-electron chi connectivity index (χ3n) is 3.03. The van der Waals surface area contributed by atoms with Crippen LogP contribution in [0.25, 0.3) is 0 Å². The fourth-order valence-electron chi connectivity index (χ4n) is 1.92. The SMILES string of the molecule is OC(CNCCc1ccccc1)c1ccc(Br)cc1. The number of halogens is 1. The lowest BCUT2D eigenvalue weighted by molar-refractivity contribution is 0.175. The van der Waals surface area contributed by atoms with Gasteiger partial charge in [-0.3, -0.25) is 0 Å². The fourth-order valence-corrected chi connectivity index (χ4v) is 2.18. The Morgan fingerprint density at radius 2 is 1.68 bits per heavy atom. The van der Waals surface area contributed by atoms with Gasteiger partial charge in [0.2, 0.25) is 0 Å². The lowest BCUT2D eigenvalue weighted by Crippen LogP contribution is -2.23. The average Bonchev–Trinajstić information content (AvgIpc) is 2.45. The molecule has 0 fully saturated rings. The normalized spacial score (nSPS) is 12.3. The van der Waals surface area contributed by atoms with Crippen molar-refractivity contribution < 1.29 is 5.11 Å². The van der Waals surface area contributed by atoms with Gasteiger partial charge in [-0.15, -0.1) is 0 Å². The van der Waals surface area contributed by atoms with Crippen LogP contribution in [0, 0.1) is 0 Å². The van der Waals surface area contributed by atoms with Gasteiger partial charge in [0.05, 0.1) is 6.10 Å². The molecule has 3 heteroatoms. The molecule has 0 saturated heterocycles. The summed E-state index contributed by atoms with van der Waals surface area (Å²) in [6.45, 7) is 1.45. The van der Waals surface area contributed by atoms with Crippen LogP contribution in [0.15, 0.2) is 59.1 Å². The molecule has 0 spiro atoms. The summed E-state index contributed by atoms with van der Waals surface area (Å²) in [5.41, 5.74) is 2.25. The molecular weight excluding hydrogens is 302 g/mol. The largest absolute Gasteiger partial charge is 0.387 e. The maximum atomic E-state index is 10.0. The molecule has 0 radical (unpaired) electrons. The topological polar surface area (TPSA) is 32.3 Å². The highest BCUT2D eigenvalue weighted by atomic mass is 79.9. The maximum Gasteiger partial charge on any atom is 0.0914 e. The van der Waals surface area contributed by atoms with Crippen LogP contribution in [0.4, 0.5) is 0 Å². The molecule has 2 N–H and O–H groups in total. The molecule has 0 aliphatic rings. The Bertz CT molecular complexity index is 484. The van der Waals surface area contributed by atoms with Crippen LogP contribution < -0.4 is 5.32 Å². The first kappa shape index (κ1) is 14.3. The molecule has 1 unspecified atom stereocenters. The van der Waals surface area contributed by atoms with Crippen molar-refractivity contribution in [3.63, 3.8) is 0 Å². The predicted molar refractivity (Wildman–Crippen MR) is 82.1 cm³/mol. The van der Waals surface area contributed by atoms with Crippen molar-refractivity contribution in [2.45, 2.75) is 12.5 Å². The minimum Gasteiger partial charge on any atom is -0.387 e. The van der Waals surface area contributed by atoms with E-state index in [1.807, 2.05) is 42.5 Å². The molecule has 2 rings (SSSR count). The molecular formula is C16H18BrNO. The Hall–Kier alpha value is -1.16. The monoisotopic (exact) mass is 319 g/mol. The van der Waals surface area contributed by atoms with Crippen LogP contribution in [-0.2, 0) is 6.42 Å². The van der Waals surface area contributed by atoms with Crippen LogP contribution in [-0.4, -0.2) is 18.2 Å². The van der Waals surface area contributed by atoms with Crippen molar-refractivity contribution >= 4 is 15.9 Å². The summed E-state index contributed by atoms with van der Waals surface area (Å²) < 4.78 is 1.03. The van der Waals surface area contributed by atoms with E-state index in [0.29, 0.717) is 6.54 Å². The second-order valence-electron chi connectivity index (χ2n) is 4.51. The van der Waals surface area contributed by atoms with E-state index in [2.05, 4.69) is 33.4 Å². The zero-order valence-corrected chi connectivity index (χ0v) is 12.3. The standard InChI is InChI=1S/C16H18BrNO/c17-15-8-6-14(7-9-15)16(19)12-18-11-10-13-4-2-1-3-5-13/h1-9,16,18-19H,10-12H2. The van der Waals surface area contributed by atoms with Crippen LogP contribution in [0.5, 0.6) is 0 Å². The Morgan fingerprint density at radius 3 is 2.37 bits per heavy atom. The first-order valence-corrected chi connectivity index (χ1v) is 7.23. The lowest BCUT2D eigenvalue weighted by atomic mass is 10.1. The number of hydrogen-bond donors (Lipinski definition) is 2. The fraction of sp³-hybridized carbons (Fsp3) is 0.250. The number of aliphatic hydroxyl groups excluding tert-OH is 1. The van der Waals surface area contributed by atoms with Crippen LogP contribution in [0.1, 0.15) is 17.2 Å². The van der Waals surface area contributed by atoms with E-state index in [9.17, 15) is 5.11 Å². The summed E-state index contributed by atoms with van der Waals surface area (Å²) >= 11 is 3.39. The Labute approximate surface area is 122 Å². The lowest BCUT2D eigenvalue weighted by Gasteiger charge is -2.12. The number of aliphatic hydroxyl groups is 1. The van der Waals surface area contributed by atoms with E-state index in [1.54, 1.807) is 0 Å². The molecule has 2 nitrogen and oxygen atoms in total. The maximum absolute atomic E-state index is 10.0. The Balaban J connectivity index is 1.72. The predicted octanol–water partition coefficient (Wildman–Crippen LogP) is 3.31. The van der Waals surface area contributed by atoms with Crippen LogP contribution >= 0.6 is 15.9 Å². The third-order valence-corrected chi connectivity index (χ3v) is 3.55. The van der Waals surface area contributed by atoms with Gasteiger partial charge in [0, 0.05) is 11.0 Å². The molecule has 2 aromatic rings. The minimum atomic E-state index is -0.455. The van der Waals surface area contributed by atoms with Gasteiger partial charge in [0.15, 0.2) is 0 Å². The van der Waals surface area contributed by atoms with Gasteiger partial charge in [0.25, 0.3) is 0 Å². The van der Waals surface area contributed by atoms with Crippen molar-refractivity contribution in [1.82, 2.24) is 5.32 Å². The highest BCUT2D eigenvalue weighted by Gasteiger charge is 2.06. The highest BCUT2D eigenvalue weighted by molar-refractivity contribution is 9.10. The van der Waals surface area contributed by atoms with E-state index >= 15 is 0 Å². The van der Waals surface area contributed by atoms with Gasteiger partial charge in [0.1, 0.15) is 0 Å². The van der Waals surface area contributed by atoms with Gasteiger partial charge in [-0.25, -0.2) is 0 Å². The quantitative estimate of drug-likeness (QED) is 0.801. The van der Waals surface area contributed by atoms with Crippen molar-refractivity contribution in [2.24, 2.45) is 0 Å². The molecule has 100 valence electrons. The molecule has 0 aliphatic carbocycles. The molecule has 2 aromatic carbocycles. The summed E-state index contributed by atoms with van der Waals surface area (Å²) in [6, 6.07) is 18.1. The minimum absolute atomic E-state index is 0.455. The zero-order chi connectivity index (χ0) is 13.5. The Kier molecular flexibility index (Phi) is 5.58. The van der Waals surface area contributed by atoms with Gasteiger partial charge in [-0.1, -0.05) is 58.4 Å². The smallest absolute Gasteiger partial charge is 0.0914 e. The van der Waals surface area contributed by atoms with Crippen molar-refractivity contribution in [2.75, 3.05) is 13.1 Å². The van der Waals surface area contributed by atoms with Crippen molar-refractivity contribution in [3.8, 4) is 0 Å². The van der Waals surface area contributed by atoms with Crippen molar-refractivity contribution in [1.29, 1.82) is 0 Å². The van der Waals surface area contributed by atoms with Gasteiger partial charge in [-0.2, -0.15) is 0 Å². The van der Waals surface area contributed by atoms with E-state index in [0.717, 1.165) is 23.0 Å². The average molecular weight is 320 g/mol. The second-order valence-corrected chi connectivity index (χ2v) is 5.42. The summed E-state index contributed by atoms with van der Waals surface area (Å²) in [5.74, 6) is 0. The summed E-state index contributed by atoms with van der Waals surface area (Å²) in [7, 11) is 0. The number of rotatable bonds is 6. The second kappa shape index (κ2) is 7.43. The van der Waals surface area contributed by atoms with Gasteiger partial charge in [-0.05, 0) is 36.2 Å². The van der Waals surface area contributed by atoms with E-state index < -0.39 is 6.10 Å². The third kappa shape index (κ3) is 4.78. The summed E-state index contributed by atoms with van der Waals surface area (Å²) in [5, 5.41) is 13.3. The van der Waals surface area contributed by atoms with E-state index in [-0.39, 0.29) is 0 Å². The van der Waals surface area contributed by atoms with Gasteiger partial charge >= 0.3 is 0 Å². The molecule has 19 heavy (non-hydrogen) atoms. The molecule has 0 heterocycles. The first-order chi connectivity index (χ1) is 9.25. The molecule has 0 amide bonds. The summed E-state index contributed by atoms with van der Waals surface area (Å²) in [6.07, 6.45) is 0.525. The number of hydrogen-bond acceptors (Lipinski definition) is 2. The zero-order valence-electron chi connectivity index (χ0n) is 10.7. The molecule has 0 bridgehead atoms. The Morgan fingerprint density at radius 1 is 1.00 bits per heavy atom. The van der Waals surface area contributed by atoms with Crippen LogP contribution in [0.3, 0.4) is 0 Å². The molecule has 0 aliphatic heterocycles. The molecule has 1 atom stereocenters. The number of benzene rings is 2. The summed E-state index contributed by atoms with van der Waals surface area (Å²) in [4.78, 5) is 0. The van der Waals surface area contributed by atoms with Crippen molar-refractivity contribution in [3.05, 3.63) is 70.2 Å². The van der Waals surface area contributed by atoms with E-state index in [4.69, 9.17) is 0 Å². The molecule has 0 aromatic heterocycles. The highest BCUT2D eigenvalue weighted by Crippen LogP contribution is 2.16. The van der Waals surface area contributed by atoms with Crippen LogP contribution in [0.2, 0.25) is 0 Å². The van der Waals surface area contributed by atoms with E-state index in [1.165, 1.54) is 5.56 Å². The molecule has 0 saturated carbocycles. The van der Waals surface area contributed by atoms with Gasteiger partial charge < -0.3 is 10.4 Å². The first-order valence-electron chi connectivity index (χ1n) is 6.44. The number of nitrogens with one attached hydrogen (secondary N) is 1.